The third-order valence-corrected chi connectivity index (χ3v) is 3.16. The number of aldehydes is 1. The third-order valence-electron chi connectivity index (χ3n) is 2.82. The summed E-state index contributed by atoms with van der Waals surface area (Å²) in [7, 11) is 0. The van der Waals surface area contributed by atoms with Gasteiger partial charge in [0.1, 0.15) is 23.5 Å². The molecule has 8 nitrogen and oxygen atoms in total. The van der Waals surface area contributed by atoms with Gasteiger partial charge in [-0.3, -0.25) is 14.3 Å². The van der Waals surface area contributed by atoms with Gasteiger partial charge in [0.25, 0.3) is 5.85 Å². The van der Waals surface area contributed by atoms with Gasteiger partial charge in [0.2, 0.25) is 0 Å². The van der Waals surface area contributed by atoms with Crippen LogP contribution in [0.2, 0.25) is 0 Å². The van der Waals surface area contributed by atoms with Crippen molar-refractivity contribution in [3.8, 4) is 0 Å². The molecule has 4 atom stereocenters. The number of carbonyl (C=O) groups is 1. The van der Waals surface area contributed by atoms with Gasteiger partial charge in [-0.05, 0) is 0 Å². The fourth-order valence-electron chi connectivity index (χ4n) is 1.72. The quantitative estimate of drug-likeness (QED) is 0.401. The molecule has 0 unspecified atom stereocenters. The number of H-pyrrole nitrogens is 1. The average Bonchev–Trinajstić information content (AvgIpc) is 2.61. The maximum absolute atomic E-state index is 14.0. The fraction of sp³-hybridized carbons (Fsp3) is 0.500. The monoisotopic (exact) mass is 307 g/mol. The fourth-order valence-corrected chi connectivity index (χ4v) is 1.90. The minimum atomic E-state index is -3.13. The van der Waals surface area contributed by atoms with Gasteiger partial charge < -0.3 is 20.1 Å². The van der Waals surface area contributed by atoms with Gasteiger partial charge in [-0.25, -0.2) is 9.18 Å². The molecule has 110 valence electrons. The van der Waals surface area contributed by atoms with Gasteiger partial charge in [-0.15, -0.1) is 0 Å². The van der Waals surface area contributed by atoms with E-state index in [0.717, 1.165) is 6.20 Å². The molecule has 0 amide bonds. The van der Waals surface area contributed by atoms with Crippen LogP contribution in [-0.4, -0.2) is 55.8 Å². The number of aromatic nitrogens is 2. The van der Waals surface area contributed by atoms with E-state index in [1.165, 1.54) is 0 Å². The lowest BCUT2D eigenvalue weighted by Crippen LogP contribution is -2.42. The van der Waals surface area contributed by atoms with Crippen LogP contribution >= 0.6 is 12.2 Å². The molecule has 2 heterocycles. The Morgan fingerprint density at radius 2 is 2.35 bits per heavy atom. The lowest BCUT2D eigenvalue weighted by Gasteiger charge is -2.20. The van der Waals surface area contributed by atoms with Gasteiger partial charge >= 0.3 is 5.69 Å². The third kappa shape index (κ3) is 2.21. The predicted octanol–water partition coefficient (Wildman–Crippen LogP) is -1.37. The van der Waals surface area contributed by atoms with Crippen molar-refractivity contribution >= 4 is 18.5 Å². The molecular formula is C10H11FN2O6S. The molecule has 10 heteroatoms. The maximum Gasteiger partial charge on any atom is 0.328 e. The zero-order valence-electron chi connectivity index (χ0n) is 10.8. The van der Waals surface area contributed by atoms with Crippen molar-refractivity contribution in [2.24, 2.45) is 0 Å². The van der Waals surface area contributed by atoms with Gasteiger partial charge in [0.15, 0.2) is 12.5 Å². The highest BCUT2D eigenvalue weighted by Gasteiger charge is 2.55. The normalized spacial score (nSPS) is 37.7. The number of nitrogens with one attached hydrogen (secondary N) is 1. The molecule has 0 saturated carbocycles. The first-order valence-corrected chi connectivity index (χ1v) is 5.78. The van der Waals surface area contributed by atoms with Crippen LogP contribution in [0.15, 0.2) is 11.0 Å². The second-order valence-corrected chi connectivity index (χ2v) is 4.51. The highest BCUT2D eigenvalue weighted by Crippen LogP contribution is 2.37. The summed E-state index contributed by atoms with van der Waals surface area (Å²) in [5.74, 6) is -3.13. The second kappa shape index (κ2) is 5.14. The number of ether oxygens (including phenoxy) is 1. The Labute approximate surface area is 117 Å². The molecular weight excluding hydrogens is 295 g/mol. The number of hydrogen-bond donors (Lipinski definition) is 4. The van der Waals surface area contributed by atoms with Crippen LogP contribution in [0.3, 0.4) is 0 Å². The van der Waals surface area contributed by atoms with Crippen LogP contribution in [0.5, 0.6) is 0 Å². The van der Waals surface area contributed by atoms with Crippen LogP contribution in [-0.2, 0) is 4.74 Å². The second-order valence-electron chi connectivity index (χ2n) is 4.11. The Hall–Kier alpha value is -1.46. The van der Waals surface area contributed by atoms with Crippen LogP contribution in [0, 0.1) is 4.64 Å². The molecule has 1 aromatic heterocycles. The highest BCUT2D eigenvalue weighted by atomic mass is 32.1. The summed E-state index contributed by atoms with van der Waals surface area (Å²) in [4.78, 5) is 24.7. The standard InChI is InChI=1S/C10H11FN2O6S/c11-10(3-15)6(17)5(16)8(19-10)13-1-4(2-14)7(20)12-9(13)18/h1-2,5-6,8,15-17H,3H2,(H,12,18,20)/t5-,6+,8-,10-/m1/s1/i8D. The molecule has 20 heavy (non-hydrogen) atoms. The van der Waals surface area contributed by atoms with Crippen molar-refractivity contribution in [1.29, 1.82) is 0 Å². The number of rotatable bonds is 3. The molecule has 1 aromatic rings. The Kier molecular flexibility index (Phi) is 3.48. The average molecular weight is 307 g/mol. The Balaban J connectivity index is 2.63. The first kappa shape index (κ1) is 13.5. The minimum absolute atomic E-state index is 0.207. The van der Waals surface area contributed by atoms with E-state index in [9.17, 15) is 24.2 Å². The largest absolute Gasteiger partial charge is 0.390 e. The first-order chi connectivity index (χ1) is 9.69. The van der Waals surface area contributed by atoms with E-state index >= 15 is 0 Å². The van der Waals surface area contributed by atoms with E-state index in [4.69, 9.17) is 18.7 Å². The van der Waals surface area contributed by atoms with Crippen LogP contribution < -0.4 is 5.69 Å². The van der Waals surface area contributed by atoms with Crippen molar-refractivity contribution in [2.45, 2.75) is 24.3 Å². The molecule has 1 saturated heterocycles. The molecule has 0 bridgehead atoms. The lowest BCUT2D eigenvalue weighted by molar-refractivity contribution is -0.207. The van der Waals surface area contributed by atoms with Crippen LogP contribution in [0.4, 0.5) is 4.39 Å². The van der Waals surface area contributed by atoms with Crippen LogP contribution in [0.25, 0.3) is 0 Å². The molecule has 1 fully saturated rings. The molecule has 0 aliphatic carbocycles. The van der Waals surface area contributed by atoms with E-state index in [0.29, 0.717) is 4.57 Å². The van der Waals surface area contributed by atoms with Gasteiger partial charge in [0, 0.05) is 6.20 Å². The first-order valence-electron chi connectivity index (χ1n) is 5.87. The van der Waals surface area contributed by atoms with Crippen molar-refractivity contribution in [3.63, 3.8) is 0 Å². The number of halogens is 1. The topological polar surface area (TPSA) is 125 Å². The highest BCUT2D eigenvalue weighted by molar-refractivity contribution is 7.71. The molecule has 4 N–H and O–H groups in total. The van der Waals surface area contributed by atoms with Crippen molar-refractivity contribution in [2.75, 3.05) is 6.61 Å². The van der Waals surface area contributed by atoms with E-state index in [1.54, 1.807) is 0 Å². The summed E-state index contributed by atoms with van der Waals surface area (Å²) in [6, 6.07) is 0. The number of aliphatic hydroxyl groups excluding tert-OH is 3. The minimum Gasteiger partial charge on any atom is -0.390 e. The zero-order valence-corrected chi connectivity index (χ0v) is 10.6. The van der Waals surface area contributed by atoms with E-state index in [1.807, 2.05) is 0 Å². The molecule has 2 rings (SSSR count). The Morgan fingerprint density at radius 3 is 2.85 bits per heavy atom. The summed E-state index contributed by atoms with van der Waals surface area (Å²) < 4.78 is 26.7. The van der Waals surface area contributed by atoms with E-state index < -0.39 is 36.6 Å². The number of aromatic amines is 1. The van der Waals surface area contributed by atoms with Crippen molar-refractivity contribution < 1.29 is 30.6 Å². The molecule has 1 aliphatic rings. The molecule has 0 radical (unpaired) electrons. The van der Waals surface area contributed by atoms with Gasteiger partial charge in [0.05, 0.1) is 6.93 Å². The molecule has 1 aliphatic heterocycles. The number of hydrogen-bond acceptors (Lipinski definition) is 7. The predicted molar refractivity (Wildman–Crippen MR) is 64.3 cm³/mol. The Bertz CT molecular complexity index is 695. The number of nitrogens with zero attached hydrogens (tertiary/aromatic N) is 1. The van der Waals surface area contributed by atoms with Crippen molar-refractivity contribution in [3.05, 3.63) is 26.9 Å². The summed E-state index contributed by atoms with van der Waals surface area (Å²) in [6.45, 7) is -1.34. The van der Waals surface area contributed by atoms with E-state index in [-0.39, 0.29) is 16.5 Å². The van der Waals surface area contributed by atoms with E-state index in [2.05, 4.69) is 9.72 Å². The number of carbonyl (C=O) groups excluding carboxylic acids is 1. The van der Waals surface area contributed by atoms with Gasteiger partial charge in [-0.1, -0.05) is 12.2 Å². The van der Waals surface area contributed by atoms with Crippen molar-refractivity contribution in [1.82, 2.24) is 9.55 Å². The number of aliphatic hydroxyl groups is 3. The number of alkyl halides is 1. The summed E-state index contributed by atoms with van der Waals surface area (Å²) in [5, 5.41) is 28.2. The Morgan fingerprint density at radius 1 is 1.70 bits per heavy atom. The zero-order chi connectivity index (χ0) is 16.0. The lowest BCUT2D eigenvalue weighted by atomic mass is 10.1. The molecule has 0 spiro atoms. The maximum atomic E-state index is 14.0. The SMILES string of the molecule is [2H][C@@]1(n2cc(C=O)c(=S)[nH]c2=O)O[C@](F)(CO)[C@@H](O)[C@H]1O. The molecule has 0 aromatic carbocycles. The summed E-state index contributed by atoms with van der Waals surface area (Å²) in [5.41, 5.74) is -1.27. The van der Waals surface area contributed by atoms with Gasteiger partial charge in [-0.2, -0.15) is 0 Å². The smallest absolute Gasteiger partial charge is 0.328 e. The summed E-state index contributed by atoms with van der Waals surface area (Å²) in [6.07, 6.45) is -6.18. The summed E-state index contributed by atoms with van der Waals surface area (Å²) >= 11 is 4.70. The van der Waals surface area contributed by atoms with Crippen LogP contribution in [0.1, 0.15) is 17.9 Å².